The molecule has 0 bridgehead atoms. The van der Waals surface area contributed by atoms with Gasteiger partial charge in [-0.15, -0.1) is 0 Å². The van der Waals surface area contributed by atoms with Gasteiger partial charge in [-0.1, -0.05) is 0 Å². The van der Waals surface area contributed by atoms with E-state index in [9.17, 15) is 55.9 Å². The maximum absolute atomic E-state index is 13.7. The van der Waals surface area contributed by atoms with Crippen LogP contribution in [0.4, 0.5) is 0 Å². The number of fused-ring (bicyclic) bond motifs is 1. The Morgan fingerprint density at radius 3 is 1.87 bits per heavy atom. The molecule has 2 aliphatic heterocycles. The fourth-order valence-electron chi connectivity index (χ4n) is 5.04. The lowest BCUT2D eigenvalue weighted by Gasteiger charge is -2.39. The maximum Gasteiger partial charge on any atom is 0.239 e. The molecule has 2 fully saturated rings. The zero-order valence-corrected chi connectivity index (χ0v) is 23.4. The van der Waals surface area contributed by atoms with E-state index in [1.807, 2.05) is 0 Å². The van der Waals surface area contributed by atoms with Crippen LogP contribution in [0.25, 0.3) is 22.3 Å². The lowest BCUT2D eigenvalue weighted by Crippen LogP contribution is -2.60. The topological polar surface area (TPSA) is 279 Å². The summed E-state index contributed by atoms with van der Waals surface area (Å²) in [5.41, 5.74) is -1.23. The number of aliphatic hydroxyl groups is 8. The third kappa shape index (κ3) is 5.98. The van der Waals surface area contributed by atoms with Crippen LogP contribution < -0.4 is 19.6 Å². The van der Waals surface area contributed by atoms with Gasteiger partial charge in [0.2, 0.25) is 23.8 Å². The Morgan fingerprint density at radius 2 is 1.31 bits per heavy atom. The first-order valence-corrected chi connectivity index (χ1v) is 13.6. The Hall–Kier alpha value is -3.75. The molecular weight excluding hydrogens is 608 g/mol. The highest BCUT2D eigenvalue weighted by atomic mass is 16.7. The lowest BCUT2D eigenvalue weighted by atomic mass is 9.99. The molecule has 3 heterocycles. The molecule has 2 aromatic carbocycles. The molecule has 0 amide bonds. The van der Waals surface area contributed by atoms with Crippen LogP contribution in [0, 0.1) is 0 Å². The van der Waals surface area contributed by atoms with Gasteiger partial charge in [0.25, 0.3) is 0 Å². The van der Waals surface area contributed by atoms with Gasteiger partial charge in [0.05, 0.1) is 20.3 Å². The zero-order chi connectivity index (χ0) is 32.7. The predicted octanol–water partition coefficient (Wildman–Crippen LogP) is -2.76. The summed E-state index contributed by atoms with van der Waals surface area (Å²) >= 11 is 0. The van der Waals surface area contributed by atoms with Crippen LogP contribution in [0.15, 0.2) is 39.5 Å². The first kappa shape index (κ1) is 32.6. The molecule has 0 aliphatic carbocycles. The van der Waals surface area contributed by atoms with E-state index in [2.05, 4.69) is 0 Å². The number of hydrogen-bond acceptors (Lipinski definition) is 17. The first-order valence-electron chi connectivity index (χ1n) is 13.6. The van der Waals surface area contributed by atoms with Crippen molar-refractivity contribution in [1.82, 2.24) is 0 Å². The molecular formula is C28H32O17. The third-order valence-electron chi connectivity index (χ3n) is 7.52. The van der Waals surface area contributed by atoms with E-state index >= 15 is 0 Å². The number of benzene rings is 2. The molecule has 0 radical (unpaired) electrons. The van der Waals surface area contributed by atoms with Crippen molar-refractivity contribution < 1.29 is 79.2 Å². The predicted molar refractivity (Wildman–Crippen MR) is 147 cm³/mol. The molecule has 10 N–H and O–H groups in total. The largest absolute Gasteiger partial charge is 0.508 e. The lowest BCUT2D eigenvalue weighted by molar-refractivity contribution is -0.277. The van der Waals surface area contributed by atoms with Crippen molar-refractivity contribution in [3.8, 4) is 40.1 Å². The van der Waals surface area contributed by atoms with E-state index in [0.717, 1.165) is 12.1 Å². The van der Waals surface area contributed by atoms with Gasteiger partial charge in [-0.25, -0.2) is 0 Å². The summed E-state index contributed by atoms with van der Waals surface area (Å²) in [7, 11) is 1.25. The second-order valence-corrected chi connectivity index (χ2v) is 10.4. The zero-order valence-electron chi connectivity index (χ0n) is 23.4. The van der Waals surface area contributed by atoms with Crippen LogP contribution in [0.1, 0.15) is 0 Å². The summed E-state index contributed by atoms with van der Waals surface area (Å²) in [5.74, 6) is -2.25. The average Bonchev–Trinajstić information content (AvgIpc) is 3.02. The molecule has 0 saturated carbocycles. The first-order chi connectivity index (χ1) is 21.4. The SMILES string of the molecule is COc1cc(-c2oc3cc(O)cc(O)c3c(=O)c2O[C@H]2O[C@@H](CO)[C@H](O)[C@@H](O)[C@@H]2O)ccc1O[C@H]1O[C@@H](CO)[C@H](O)[C@@H](O)[C@@H]1O. The number of hydrogen-bond donors (Lipinski definition) is 10. The van der Waals surface area contributed by atoms with E-state index in [0.29, 0.717) is 0 Å². The molecule has 2 saturated heterocycles. The maximum atomic E-state index is 13.7. The molecule has 0 spiro atoms. The van der Waals surface area contributed by atoms with Gasteiger partial charge in [0, 0.05) is 17.7 Å². The Balaban J connectivity index is 1.58. The number of aliphatic hydroxyl groups excluding tert-OH is 8. The van der Waals surface area contributed by atoms with Crippen molar-refractivity contribution in [1.29, 1.82) is 0 Å². The number of ether oxygens (including phenoxy) is 5. The normalized spacial score (nSPS) is 31.9. The summed E-state index contributed by atoms with van der Waals surface area (Å²) in [6.07, 6.45) is -16.6. The number of aromatic hydroxyl groups is 2. The van der Waals surface area contributed by atoms with Gasteiger partial charge in [0.1, 0.15) is 71.3 Å². The molecule has 17 heteroatoms. The van der Waals surface area contributed by atoms with Crippen LogP contribution >= 0.6 is 0 Å². The van der Waals surface area contributed by atoms with E-state index in [1.54, 1.807) is 0 Å². The molecule has 246 valence electrons. The van der Waals surface area contributed by atoms with Gasteiger partial charge in [-0.2, -0.15) is 0 Å². The van der Waals surface area contributed by atoms with E-state index in [4.69, 9.17) is 28.1 Å². The van der Waals surface area contributed by atoms with Crippen LogP contribution in [0.5, 0.6) is 28.7 Å². The molecule has 45 heavy (non-hydrogen) atoms. The number of phenols is 2. The third-order valence-corrected chi connectivity index (χ3v) is 7.52. The summed E-state index contributed by atoms with van der Waals surface area (Å²) in [4.78, 5) is 13.7. The second-order valence-electron chi connectivity index (χ2n) is 10.4. The Morgan fingerprint density at radius 1 is 0.733 bits per heavy atom. The van der Waals surface area contributed by atoms with Crippen LogP contribution in [-0.4, -0.2) is 133 Å². The molecule has 5 rings (SSSR count). The molecule has 3 aromatic rings. The summed E-state index contributed by atoms with van der Waals surface area (Å²) in [5, 5.41) is 100. The van der Waals surface area contributed by atoms with Gasteiger partial charge in [-0.3, -0.25) is 4.79 Å². The van der Waals surface area contributed by atoms with E-state index in [-0.39, 0.29) is 28.4 Å². The van der Waals surface area contributed by atoms with Crippen LogP contribution in [0.2, 0.25) is 0 Å². The quantitative estimate of drug-likeness (QED) is 0.119. The summed E-state index contributed by atoms with van der Waals surface area (Å²) in [6.45, 7) is -1.47. The number of methoxy groups -OCH3 is 1. The average molecular weight is 641 g/mol. The van der Waals surface area contributed by atoms with Crippen molar-refractivity contribution in [2.24, 2.45) is 0 Å². The van der Waals surface area contributed by atoms with Crippen LogP contribution in [-0.2, 0) is 9.47 Å². The molecule has 10 atom stereocenters. The highest BCUT2D eigenvalue weighted by Gasteiger charge is 2.46. The molecule has 2 aliphatic rings. The van der Waals surface area contributed by atoms with E-state index < -0.39 is 103 Å². The van der Waals surface area contributed by atoms with Gasteiger partial charge < -0.3 is 79.2 Å². The Labute approximate surface area is 252 Å². The summed E-state index contributed by atoms with van der Waals surface area (Å²) < 4.78 is 33.4. The fraction of sp³-hybridized carbons (Fsp3) is 0.464. The molecule has 1 aromatic heterocycles. The minimum atomic E-state index is -1.91. The monoisotopic (exact) mass is 640 g/mol. The molecule has 0 unspecified atom stereocenters. The highest BCUT2D eigenvalue weighted by molar-refractivity contribution is 5.88. The standard InChI is InChI=1S/C28H32O17/c1-40-13-4-9(2-3-12(13)42-27-23(38)21(36)18(33)15(7-29)43-27)25-26(20(35)17-11(32)5-10(31)6-14(17)41-25)45-28-24(39)22(37)19(34)16(8-30)44-28/h2-6,15-16,18-19,21-24,27-34,36-39H,7-8H2,1H3/t15-,16-,18-,19-,21+,22+,23-,24-,27-,28+/m0/s1. The minimum Gasteiger partial charge on any atom is -0.508 e. The Kier molecular flexibility index (Phi) is 9.38. The molecule has 17 nitrogen and oxygen atoms in total. The second kappa shape index (κ2) is 12.9. The van der Waals surface area contributed by atoms with Crippen molar-refractivity contribution in [3.05, 3.63) is 40.6 Å². The van der Waals surface area contributed by atoms with Gasteiger partial charge >= 0.3 is 0 Å². The van der Waals surface area contributed by atoms with Crippen molar-refractivity contribution in [2.45, 2.75) is 61.4 Å². The van der Waals surface area contributed by atoms with E-state index in [1.165, 1.54) is 25.3 Å². The van der Waals surface area contributed by atoms with Crippen molar-refractivity contribution >= 4 is 11.0 Å². The summed E-state index contributed by atoms with van der Waals surface area (Å²) in [6, 6.07) is 5.83. The van der Waals surface area contributed by atoms with Gasteiger partial charge in [-0.05, 0) is 18.2 Å². The van der Waals surface area contributed by atoms with Crippen molar-refractivity contribution in [3.63, 3.8) is 0 Å². The number of phenolic OH excluding ortho intramolecular Hbond substituents is 2. The van der Waals surface area contributed by atoms with Crippen LogP contribution in [0.3, 0.4) is 0 Å². The smallest absolute Gasteiger partial charge is 0.239 e. The van der Waals surface area contributed by atoms with Gasteiger partial charge in [0.15, 0.2) is 17.3 Å². The Bertz CT molecular complexity index is 1570. The van der Waals surface area contributed by atoms with Crippen molar-refractivity contribution in [2.75, 3.05) is 20.3 Å². The minimum absolute atomic E-state index is 0.0504. The highest BCUT2D eigenvalue weighted by Crippen LogP contribution is 2.40. The fourth-order valence-corrected chi connectivity index (χ4v) is 5.04. The number of rotatable bonds is 8.